The van der Waals surface area contributed by atoms with Gasteiger partial charge in [-0.05, 0) is 39.3 Å². The second kappa shape index (κ2) is 6.57. The van der Waals surface area contributed by atoms with Gasteiger partial charge in [-0.25, -0.2) is 4.98 Å². The van der Waals surface area contributed by atoms with Crippen molar-refractivity contribution in [2.75, 3.05) is 16.8 Å². The largest absolute Gasteiger partial charge is 0.365 e. The maximum Gasteiger partial charge on any atom is 0.227 e. The monoisotopic (exact) mass is 284 g/mol. The van der Waals surface area contributed by atoms with Gasteiger partial charge in [0.25, 0.3) is 0 Å². The average Bonchev–Trinajstić information content (AvgIpc) is 2.44. The Kier molecular flexibility index (Phi) is 4.78. The zero-order valence-electron chi connectivity index (χ0n) is 13.3. The number of anilines is 2. The Morgan fingerprint density at radius 2 is 1.81 bits per heavy atom. The molecule has 0 spiro atoms. The van der Waals surface area contributed by atoms with Gasteiger partial charge in [-0.15, -0.1) is 0 Å². The van der Waals surface area contributed by atoms with E-state index < -0.39 is 0 Å². The predicted octanol–water partition coefficient (Wildman–Crippen LogP) is 3.71. The molecule has 21 heavy (non-hydrogen) atoms. The van der Waals surface area contributed by atoms with Gasteiger partial charge in [0.15, 0.2) is 0 Å². The molecule has 0 aliphatic rings. The summed E-state index contributed by atoms with van der Waals surface area (Å²) in [6.07, 6.45) is 1.81. The molecule has 1 aromatic carbocycles. The predicted molar refractivity (Wildman–Crippen MR) is 88.6 cm³/mol. The lowest BCUT2D eigenvalue weighted by Gasteiger charge is -2.24. The minimum Gasteiger partial charge on any atom is -0.365 e. The Morgan fingerprint density at radius 1 is 1.10 bits per heavy atom. The Morgan fingerprint density at radius 3 is 2.43 bits per heavy atom. The first-order valence-corrected chi connectivity index (χ1v) is 7.38. The van der Waals surface area contributed by atoms with Crippen molar-refractivity contribution in [2.45, 2.75) is 39.8 Å². The highest BCUT2D eigenvalue weighted by Crippen LogP contribution is 2.16. The molecule has 1 heterocycles. The fraction of sp³-hybridized carbons (Fsp3) is 0.412. The molecule has 0 radical (unpaired) electrons. The summed E-state index contributed by atoms with van der Waals surface area (Å²) in [6.45, 7) is 10.2. The summed E-state index contributed by atoms with van der Waals surface area (Å²) >= 11 is 0. The highest BCUT2D eigenvalue weighted by atomic mass is 15.3. The van der Waals surface area contributed by atoms with Gasteiger partial charge >= 0.3 is 0 Å². The van der Waals surface area contributed by atoms with Crippen molar-refractivity contribution in [1.29, 1.82) is 0 Å². The molecule has 0 fully saturated rings. The van der Waals surface area contributed by atoms with Crippen molar-refractivity contribution in [3.8, 4) is 0 Å². The SMILES string of the molecule is CCN(Cc1ccccc1)c1nccc(NC(C)(C)C)n1. The third-order valence-corrected chi connectivity index (χ3v) is 3.03. The Hall–Kier alpha value is -2.10. The molecule has 4 nitrogen and oxygen atoms in total. The molecule has 1 N–H and O–H groups in total. The van der Waals surface area contributed by atoms with Gasteiger partial charge in [0.2, 0.25) is 5.95 Å². The Bertz CT molecular complexity index is 561. The van der Waals surface area contributed by atoms with Crippen molar-refractivity contribution in [3.05, 3.63) is 48.2 Å². The van der Waals surface area contributed by atoms with Gasteiger partial charge in [0, 0.05) is 24.8 Å². The van der Waals surface area contributed by atoms with E-state index in [2.05, 4.69) is 72.1 Å². The van der Waals surface area contributed by atoms with Crippen molar-refractivity contribution < 1.29 is 0 Å². The summed E-state index contributed by atoms with van der Waals surface area (Å²) in [7, 11) is 0. The average molecular weight is 284 g/mol. The number of nitrogens with zero attached hydrogens (tertiary/aromatic N) is 3. The molecule has 112 valence electrons. The van der Waals surface area contributed by atoms with Crippen LogP contribution < -0.4 is 10.2 Å². The van der Waals surface area contributed by atoms with Gasteiger partial charge in [0.05, 0.1) is 0 Å². The van der Waals surface area contributed by atoms with Crippen LogP contribution in [0.5, 0.6) is 0 Å². The number of benzene rings is 1. The summed E-state index contributed by atoms with van der Waals surface area (Å²) in [5.74, 6) is 1.62. The highest BCUT2D eigenvalue weighted by Gasteiger charge is 2.13. The molecule has 1 aromatic heterocycles. The van der Waals surface area contributed by atoms with Gasteiger partial charge in [-0.2, -0.15) is 4.98 Å². The fourth-order valence-electron chi connectivity index (χ4n) is 2.08. The first kappa shape index (κ1) is 15.3. The second-order valence-corrected chi connectivity index (χ2v) is 6.12. The van der Waals surface area contributed by atoms with E-state index >= 15 is 0 Å². The first-order chi connectivity index (χ1) is 9.98. The Labute approximate surface area is 127 Å². The van der Waals surface area contributed by atoms with Gasteiger partial charge in [-0.1, -0.05) is 30.3 Å². The Balaban J connectivity index is 2.16. The fourth-order valence-corrected chi connectivity index (χ4v) is 2.08. The lowest BCUT2D eigenvalue weighted by molar-refractivity contribution is 0.629. The molecule has 0 saturated heterocycles. The summed E-state index contributed by atoms with van der Waals surface area (Å²) in [5.41, 5.74) is 1.25. The van der Waals surface area contributed by atoms with E-state index in [-0.39, 0.29) is 5.54 Å². The van der Waals surface area contributed by atoms with E-state index in [1.165, 1.54) is 5.56 Å². The van der Waals surface area contributed by atoms with E-state index in [0.29, 0.717) is 0 Å². The molecular formula is C17H24N4. The second-order valence-electron chi connectivity index (χ2n) is 6.12. The van der Waals surface area contributed by atoms with Crippen LogP contribution in [-0.2, 0) is 6.54 Å². The molecule has 2 aromatic rings. The van der Waals surface area contributed by atoms with Crippen LogP contribution in [0, 0.1) is 0 Å². The molecule has 0 amide bonds. The third kappa shape index (κ3) is 4.74. The normalized spacial score (nSPS) is 11.2. The zero-order chi connectivity index (χ0) is 15.3. The van der Waals surface area contributed by atoms with E-state index in [9.17, 15) is 0 Å². The smallest absolute Gasteiger partial charge is 0.227 e. The molecule has 0 aliphatic carbocycles. The topological polar surface area (TPSA) is 41.1 Å². The van der Waals surface area contributed by atoms with Crippen LogP contribution in [0.4, 0.5) is 11.8 Å². The van der Waals surface area contributed by atoms with Crippen LogP contribution in [0.1, 0.15) is 33.3 Å². The number of hydrogen-bond donors (Lipinski definition) is 1. The molecule has 0 atom stereocenters. The van der Waals surface area contributed by atoms with Crippen molar-refractivity contribution >= 4 is 11.8 Å². The van der Waals surface area contributed by atoms with Crippen LogP contribution in [0.15, 0.2) is 42.6 Å². The maximum absolute atomic E-state index is 4.63. The molecular weight excluding hydrogens is 260 g/mol. The number of rotatable bonds is 5. The standard InChI is InChI=1S/C17H24N4/c1-5-21(13-14-9-7-6-8-10-14)16-18-12-11-15(19-16)20-17(2,3)4/h6-12H,5,13H2,1-4H3,(H,18,19,20). The minimum atomic E-state index is -0.0118. The first-order valence-electron chi connectivity index (χ1n) is 7.38. The summed E-state index contributed by atoms with van der Waals surface area (Å²) in [4.78, 5) is 11.2. The molecule has 4 heteroatoms. The summed E-state index contributed by atoms with van der Waals surface area (Å²) in [6, 6.07) is 12.3. The summed E-state index contributed by atoms with van der Waals surface area (Å²) in [5, 5.41) is 3.39. The van der Waals surface area contributed by atoms with Crippen molar-refractivity contribution in [3.63, 3.8) is 0 Å². The van der Waals surface area contributed by atoms with E-state index in [0.717, 1.165) is 24.9 Å². The van der Waals surface area contributed by atoms with Gasteiger partial charge in [-0.3, -0.25) is 0 Å². The quantitative estimate of drug-likeness (QED) is 0.908. The van der Waals surface area contributed by atoms with Crippen molar-refractivity contribution in [1.82, 2.24) is 9.97 Å². The number of hydrogen-bond acceptors (Lipinski definition) is 4. The molecule has 2 rings (SSSR count). The number of aromatic nitrogens is 2. The zero-order valence-corrected chi connectivity index (χ0v) is 13.3. The third-order valence-electron chi connectivity index (χ3n) is 3.03. The van der Waals surface area contributed by atoms with Crippen LogP contribution >= 0.6 is 0 Å². The lowest BCUT2D eigenvalue weighted by atomic mass is 10.1. The van der Waals surface area contributed by atoms with Crippen LogP contribution in [0.25, 0.3) is 0 Å². The molecule has 0 bridgehead atoms. The summed E-state index contributed by atoms with van der Waals surface area (Å²) < 4.78 is 0. The van der Waals surface area contributed by atoms with Gasteiger partial charge < -0.3 is 10.2 Å². The highest BCUT2D eigenvalue weighted by molar-refractivity contribution is 5.43. The van der Waals surface area contributed by atoms with Crippen LogP contribution in [0.3, 0.4) is 0 Å². The van der Waals surface area contributed by atoms with Crippen LogP contribution in [-0.4, -0.2) is 22.1 Å². The maximum atomic E-state index is 4.63. The van der Waals surface area contributed by atoms with Gasteiger partial charge in [0.1, 0.15) is 5.82 Å². The van der Waals surface area contributed by atoms with E-state index in [4.69, 9.17) is 0 Å². The van der Waals surface area contributed by atoms with Crippen molar-refractivity contribution in [2.24, 2.45) is 0 Å². The van der Waals surface area contributed by atoms with E-state index in [1.807, 2.05) is 18.3 Å². The molecule has 0 aliphatic heterocycles. The number of nitrogens with one attached hydrogen (secondary N) is 1. The lowest BCUT2D eigenvalue weighted by Crippen LogP contribution is -2.28. The van der Waals surface area contributed by atoms with E-state index in [1.54, 1.807) is 0 Å². The van der Waals surface area contributed by atoms with Crippen LogP contribution in [0.2, 0.25) is 0 Å². The minimum absolute atomic E-state index is 0.0118. The molecule has 0 saturated carbocycles. The molecule has 0 unspecified atom stereocenters.